The molecule has 4 aromatic rings. The Morgan fingerprint density at radius 1 is 0.792 bits per heavy atom. The first kappa shape index (κ1) is 14.6. The lowest BCUT2D eigenvalue weighted by Gasteiger charge is -2.04. The van der Waals surface area contributed by atoms with Gasteiger partial charge in [-0.05, 0) is 60.4 Å². The quantitative estimate of drug-likeness (QED) is 0.554. The van der Waals surface area contributed by atoms with Crippen LogP contribution in [0.2, 0.25) is 0 Å². The first-order chi connectivity index (χ1) is 11.8. The summed E-state index contributed by atoms with van der Waals surface area (Å²) in [6, 6.07) is 23.3. The molecule has 0 radical (unpaired) electrons. The molecule has 0 spiro atoms. The van der Waals surface area contributed by atoms with Crippen LogP contribution in [0.3, 0.4) is 0 Å². The van der Waals surface area contributed by atoms with Gasteiger partial charge in [-0.3, -0.25) is 5.10 Å². The van der Waals surface area contributed by atoms with Gasteiger partial charge in [0.25, 0.3) is 0 Å². The number of nitrogens with zero attached hydrogens (tertiary/aromatic N) is 1. The molecule has 0 unspecified atom stereocenters. The standard InChI is InChI=1S/C21H17FN2/c22-18-11-9-17(10-12-18)21-19-14-16(8-13-20(19)23-24-21)7-6-15-4-2-1-3-5-15/h1-5,8-14H,6-7H2,(H,23,24). The molecule has 4 rings (SSSR count). The van der Waals surface area contributed by atoms with Crippen molar-refractivity contribution >= 4 is 10.9 Å². The van der Waals surface area contributed by atoms with E-state index in [0.717, 1.165) is 35.0 Å². The Bertz CT molecular complexity index is 956. The van der Waals surface area contributed by atoms with E-state index in [9.17, 15) is 4.39 Å². The van der Waals surface area contributed by atoms with E-state index in [1.54, 1.807) is 12.1 Å². The fourth-order valence-electron chi connectivity index (χ4n) is 2.98. The number of benzene rings is 3. The van der Waals surface area contributed by atoms with Gasteiger partial charge in [0.05, 0.1) is 11.2 Å². The second kappa shape index (κ2) is 6.28. The minimum atomic E-state index is -0.234. The first-order valence-electron chi connectivity index (χ1n) is 8.06. The van der Waals surface area contributed by atoms with E-state index in [4.69, 9.17) is 0 Å². The van der Waals surface area contributed by atoms with Crippen LogP contribution in [0.4, 0.5) is 4.39 Å². The van der Waals surface area contributed by atoms with Gasteiger partial charge in [0, 0.05) is 10.9 Å². The van der Waals surface area contributed by atoms with Crippen LogP contribution < -0.4 is 0 Å². The molecule has 24 heavy (non-hydrogen) atoms. The average Bonchev–Trinajstić information content (AvgIpc) is 3.05. The molecule has 118 valence electrons. The maximum Gasteiger partial charge on any atom is 0.123 e. The van der Waals surface area contributed by atoms with E-state index in [0.29, 0.717) is 0 Å². The molecule has 2 nitrogen and oxygen atoms in total. The molecule has 3 aromatic carbocycles. The molecule has 1 heterocycles. The van der Waals surface area contributed by atoms with Gasteiger partial charge >= 0.3 is 0 Å². The average molecular weight is 316 g/mol. The van der Waals surface area contributed by atoms with E-state index in [-0.39, 0.29) is 5.82 Å². The number of H-pyrrole nitrogens is 1. The molecule has 1 aromatic heterocycles. The highest BCUT2D eigenvalue weighted by molar-refractivity contribution is 5.93. The molecule has 1 N–H and O–H groups in total. The number of aryl methyl sites for hydroxylation is 2. The second-order valence-corrected chi connectivity index (χ2v) is 5.94. The number of aromatic amines is 1. The third-order valence-electron chi connectivity index (χ3n) is 4.29. The van der Waals surface area contributed by atoms with E-state index < -0.39 is 0 Å². The van der Waals surface area contributed by atoms with Crippen molar-refractivity contribution in [3.8, 4) is 11.3 Å². The number of aromatic nitrogens is 2. The zero-order chi connectivity index (χ0) is 16.4. The summed E-state index contributed by atoms with van der Waals surface area (Å²) in [5, 5.41) is 8.54. The molecule has 0 aliphatic heterocycles. The van der Waals surface area contributed by atoms with Gasteiger partial charge in [-0.2, -0.15) is 5.10 Å². The molecule has 0 aliphatic rings. The molecule has 0 saturated carbocycles. The summed E-state index contributed by atoms with van der Waals surface area (Å²) >= 11 is 0. The maximum atomic E-state index is 13.1. The molecule has 0 saturated heterocycles. The Balaban J connectivity index is 1.64. The van der Waals surface area contributed by atoms with Crippen molar-refractivity contribution in [2.75, 3.05) is 0 Å². The van der Waals surface area contributed by atoms with Crippen molar-refractivity contribution in [2.24, 2.45) is 0 Å². The van der Waals surface area contributed by atoms with E-state index in [1.807, 2.05) is 6.07 Å². The third-order valence-corrected chi connectivity index (χ3v) is 4.29. The highest BCUT2D eigenvalue weighted by Crippen LogP contribution is 2.27. The predicted octanol–water partition coefficient (Wildman–Crippen LogP) is 5.15. The maximum absolute atomic E-state index is 13.1. The summed E-state index contributed by atoms with van der Waals surface area (Å²) in [5.41, 5.74) is 5.40. The van der Waals surface area contributed by atoms with Gasteiger partial charge in [-0.1, -0.05) is 36.4 Å². The molecule has 0 bridgehead atoms. The summed E-state index contributed by atoms with van der Waals surface area (Å²) < 4.78 is 13.1. The van der Waals surface area contributed by atoms with Crippen molar-refractivity contribution in [2.45, 2.75) is 12.8 Å². The summed E-state index contributed by atoms with van der Waals surface area (Å²) in [5.74, 6) is -0.234. The molecular weight excluding hydrogens is 299 g/mol. The van der Waals surface area contributed by atoms with Crippen LogP contribution in [0.1, 0.15) is 11.1 Å². The zero-order valence-corrected chi connectivity index (χ0v) is 13.2. The number of halogens is 1. The number of hydrogen-bond acceptors (Lipinski definition) is 1. The largest absolute Gasteiger partial charge is 0.277 e. The Morgan fingerprint density at radius 2 is 1.54 bits per heavy atom. The normalized spacial score (nSPS) is 11.0. The second-order valence-electron chi connectivity index (χ2n) is 5.94. The summed E-state index contributed by atoms with van der Waals surface area (Å²) in [6.45, 7) is 0. The zero-order valence-electron chi connectivity index (χ0n) is 13.2. The lowest BCUT2D eigenvalue weighted by Crippen LogP contribution is -1.91. The monoisotopic (exact) mass is 316 g/mol. The topological polar surface area (TPSA) is 28.7 Å². The lowest BCUT2D eigenvalue weighted by molar-refractivity contribution is 0.628. The fourth-order valence-corrected chi connectivity index (χ4v) is 2.98. The van der Waals surface area contributed by atoms with Crippen LogP contribution in [0.15, 0.2) is 72.8 Å². The van der Waals surface area contributed by atoms with Crippen LogP contribution in [0, 0.1) is 5.82 Å². The van der Waals surface area contributed by atoms with Gasteiger partial charge in [0.2, 0.25) is 0 Å². The molecule has 0 atom stereocenters. The van der Waals surface area contributed by atoms with Gasteiger partial charge in [0.1, 0.15) is 5.82 Å². The Morgan fingerprint density at radius 3 is 2.33 bits per heavy atom. The minimum Gasteiger partial charge on any atom is -0.277 e. The number of hydrogen-bond donors (Lipinski definition) is 1. The van der Waals surface area contributed by atoms with Crippen molar-refractivity contribution in [3.63, 3.8) is 0 Å². The van der Waals surface area contributed by atoms with Crippen molar-refractivity contribution < 1.29 is 4.39 Å². The Hall–Kier alpha value is -2.94. The Labute approximate surface area is 140 Å². The Kier molecular flexibility index (Phi) is 3.83. The molecule has 0 fully saturated rings. The predicted molar refractivity (Wildman–Crippen MR) is 95.3 cm³/mol. The van der Waals surface area contributed by atoms with Crippen molar-refractivity contribution in [1.29, 1.82) is 0 Å². The fraction of sp³-hybridized carbons (Fsp3) is 0.0952. The number of rotatable bonds is 4. The van der Waals surface area contributed by atoms with Gasteiger partial charge in [0.15, 0.2) is 0 Å². The SMILES string of the molecule is Fc1ccc(-c2n[nH]c3ccc(CCc4ccccc4)cc23)cc1. The van der Waals surface area contributed by atoms with Gasteiger partial charge < -0.3 is 0 Å². The highest BCUT2D eigenvalue weighted by Gasteiger charge is 2.09. The smallest absolute Gasteiger partial charge is 0.123 e. The van der Waals surface area contributed by atoms with Crippen LogP contribution in [-0.4, -0.2) is 10.2 Å². The van der Waals surface area contributed by atoms with Crippen LogP contribution in [0.5, 0.6) is 0 Å². The van der Waals surface area contributed by atoms with Crippen LogP contribution >= 0.6 is 0 Å². The molecule has 0 aliphatic carbocycles. The van der Waals surface area contributed by atoms with Gasteiger partial charge in [-0.25, -0.2) is 4.39 Å². The summed E-state index contributed by atoms with van der Waals surface area (Å²) in [7, 11) is 0. The summed E-state index contributed by atoms with van der Waals surface area (Å²) in [4.78, 5) is 0. The number of fused-ring (bicyclic) bond motifs is 1. The molecule has 3 heteroatoms. The van der Waals surface area contributed by atoms with Crippen molar-refractivity contribution in [3.05, 3.63) is 89.7 Å². The van der Waals surface area contributed by atoms with Crippen molar-refractivity contribution in [1.82, 2.24) is 10.2 Å². The number of nitrogens with one attached hydrogen (secondary N) is 1. The molecular formula is C21H17FN2. The highest BCUT2D eigenvalue weighted by atomic mass is 19.1. The molecule has 0 amide bonds. The van der Waals surface area contributed by atoms with E-state index in [1.165, 1.54) is 23.3 Å². The van der Waals surface area contributed by atoms with Gasteiger partial charge in [-0.15, -0.1) is 0 Å². The van der Waals surface area contributed by atoms with E-state index >= 15 is 0 Å². The lowest BCUT2D eigenvalue weighted by atomic mass is 10.0. The van der Waals surface area contributed by atoms with E-state index in [2.05, 4.69) is 52.7 Å². The third kappa shape index (κ3) is 2.93. The minimum absolute atomic E-state index is 0.234. The first-order valence-corrected chi connectivity index (χ1v) is 8.06. The van der Waals surface area contributed by atoms with Crippen LogP contribution in [0.25, 0.3) is 22.2 Å². The van der Waals surface area contributed by atoms with Crippen LogP contribution in [-0.2, 0) is 12.8 Å². The summed E-state index contributed by atoms with van der Waals surface area (Å²) in [6.07, 6.45) is 1.99.